The van der Waals surface area contributed by atoms with Gasteiger partial charge in [-0.2, -0.15) is 13.2 Å². The van der Waals surface area contributed by atoms with Crippen molar-refractivity contribution in [3.05, 3.63) is 128 Å². The van der Waals surface area contributed by atoms with Gasteiger partial charge in [-0.15, -0.1) is 0 Å². The summed E-state index contributed by atoms with van der Waals surface area (Å²) in [6, 6.07) is 22.3. The van der Waals surface area contributed by atoms with Crippen molar-refractivity contribution in [2.24, 2.45) is 5.73 Å². The van der Waals surface area contributed by atoms with Gasteiger partial charge in [0.2, 0.25) is 0 Å². The molecule has 4 N–H and O–H groups in total. The number of aliphatic hydroxyl groups excluding tert-OH is 1. The summed E-state index contributed by atoms with van der Waals surface area (Å²) in [6.07, 6.45) is -7.93. The smallest absolute Gasteiger partial charge is 0.451 e. The third-order valence-electron chi connectivity index (χ3n) is 8.53. The number of hydrogen-bond donors (Lipinski definition) is 3. The van der Waals surface area contributed by atoms with Gasteiger partial charge in [-0.05, 0) is 53.8 Å². The van der Waals surface area contributed by atoms with Crippen LogP contribution in [-0.2, 0) is 26.3 Å². The fraction of sp³-hybridized carbons (Fsp3) is 0.343. The number of nitrogens with zero attached hydrogens (tertiary/aromatic N) is 1. The van der Waals surface area contributed by atoms with E-state index < -0.39 is 59.7 Å². The number of aryl methyl sites for hydroxylation is 1. The summed E-state index contributed by atoms with van der Waals surface area (Å²) >= 11 is 0. The number of rotatable bonds is 13. The van der Waals surface area contributed by atoms with Crippen molar-refractivity contribution in [1.29, 1.82) is 0 Å². The number of hydrogen-bond acceptors (Lipinski definition) is 9. The second kappa shape index (κ2) is 14.8. The highest BCUT2D eigenvalue weighted by atomic mass is 19.4. The Morgan fingerprint density at radius 1 is 0.959 bits per heavy atom. The molecule has 260 valence electrons. The lowest BCUT2D eigenvalue weighted by molar-refractivity contribution is -0.172. The molecule has 1 aliphatic heterocycles. The summed E-state index contributed by atoms with van der Waals surface area (Å²) in [5, 5.41) is 11.1. The summed E-state index contributed by atoms with van der Waals surface area (Å²) in [4.78, 5) is 38.9. The van der Waals surface area contributed by atoms with Crippen LogP contribution in [0.2, 0.25) is 0 Å². The van der Waals surface area contributed by atoms with Crippen molar-refractivity contribution < 1.29 is 42.0 Å². The zero-order chi connectivity index (χ0) is 35.3. The average Bonchev–Trinajstić information content (AvgIpc) is 3.47. The molecule has 0 aliphatic carbocycles. The summed E-state index contributed by atoms with van der Waals surface area (Å²) in [5.74, 6) is -0.840. The fourth-order valence-electron chi connectivity index (χ4n) is 5.89. The SMILES string of the molecule is COc1ccc(C(OC[C@@H]2O[C@H](n3cc(CCC(N)C(=O)C(F)(F)F)c(=O)[nH]c3=O)CC2O)(c2ccccc2)c2ccc(OC)cc2)cc1. The first-order valence-electron chi connectivity index (χ1n) is 15.4. The lowest BCUT2D eigenvalue weighted by Crippen LogP contribution is -2.41. The highest BCUT2D eigenvalue weighted by Gasteiger charge is 2.43. The Morgan fingerprint density at radius 3 is 2.04 bits per heavy atom. The van der Waals surface area contributed by atoms with E-state index in [0.717, 1.165) is 27.5 Å². The third kappa shape index (κ3) is 7.62. The molecule has 1 aliphatic rings. The van der Waals surface area contributed by atoms with Gasteiger partial charge in [-0.1, -0.05) is 54.6 Å². The van der Waals surface area contributed by atoms with Crippen LogP contribution >= 0.6 is 0 Å². The Kier molecular flexibility index (Phi) is 10.7. The molecule has 3 aromatic carbocycles. The molecular weight excluding hydrogens is 647 g/mol. The molecule has 4 aromatic rings. The molecule has 0 spiro atoms. The second-order valence-corrected chi connectivity index (χ2v) is 11.6. The van der Waals surface area contributed by atoms with E-state index in [0.29, 0.717) is 11.5 Å². The maximum absolute atomic E-state index is 12.8. The molecular formula is C35H36F3N3O8. The number of nitrogens with two attached hydrogens (primary N) is 1. The molecule has 11 nitrogen and oxygen atoms in total. The Bertz CT molecular complexity index is 1800. The molecule has 1 saturated heterocycles. The van der Waals surface area contributed by atoms with Crippen molar-refractivity contribution in [2.75, 3.05) is 20.8 Å². The number of alkyl halides is 3. The van der Waals surface area contributed by atoms with E-state index in [1.165, 1.54) is 0 Å². The average molecular weight is 684 g/mol. The minimum Gasteiger partial charge on any atom is -0.497 e. The number of methoxy groups -OCH3 is 2. The van der Waals surface area contributed by atoms with Crippen LogP contribution < -0.4 is 26.5 Å². The van der Waals surface area contributed by atoms with Gasteiger partial charge >= 0.3 is 11.9 Å². The van der Waals surface area contributed by atoms with E-state index in [2.05, 4.69) is 4.98 Å². The number of H-pyrrole nitrogens is 1. The largest absolute Gasteiger partial charge is 0.497 e. The van der Waals surface area contributed by atoms with E-state index in [1.807, 2.05) is 78.9 Å². The molecule has 14 heteroatoms. The van der Waals surface area contributed by atoms with Crippen LogP contribution in [0, 0.1) is 0 Å². The number of carbonyl (C=O) groups is 1. The maximum atomic E-state index is 12.8. The van der Waals surface area contributed by atoms with Gasteiger partial charge in [-0.25, -0.2) is 4.79 Å². The van der Waals surface area contributed by atoms with Crippen molar-refractivity contribution in [2.45, 2.75) is 55.5 Å². The van der Waals surface area contributed by atoms with E-state index in [4.69, 9.17) is 24.7 Å². The van der Waals surface area contributed by atoms with Gasteiger partial charge in [0.1, 0.15) is 29.4 Å². The van der Waals surface area contributed by atoms with Crippen LogP contribution in [0.3, 0.4) is 0 Å². The molecule has 0 bridgehead atoms. The molecule has 0 radical (unpaired) electrons. The zero-order valence-electron chi connectivity index (χ0n) is 26.7. The van der Waals surface area contributed by atoms with Crippen LogP contribution in [0.25, 0.3) is 0 Å². The highest BCUT2D eigenvalue weighted by Crippen LogP contribution is 2.42. The van der Waals surface area contributed by atoms with Crippen molar-refractivity contribution in [3.63, 3.8) is 0 Å². The first kappa shape index (κ1) is 35.5. The predicted octanol–water partition coefficient (Wildman–Crippen LogP) is 3.60. The van der Waals surface area contributed by atoms with Crippen molar-refractivity contribution in [1.82, 2.24) is 9.55 Å². The maximum Gasteiger partial charge on any atom is 0.451 e. The van der Waals surface area contributed by atoms with E-state index in [-0.39, 0.29) is 25.0 Å². The first-order chi connectivity index (χ1) is 23.4. The molecule has 1 fully saturated rings. The van der Waals surface area contributed by atoms with Gasteiger partial charge in [0.05, 0.1) is 33.0 Å². The van der Waals surface area contributed by atoms with Crippen LogP contribution in [0.1, 0.15) is 41.3 Å². The summed E-state index contributed by atoms with van der Waals surface area (Å²) < 4.78 is 63.1. The Balaban J connectivity index is 1.43. The number of benzene rings is 3. The first-order valence-corrected chi connectivity index (χ1v) is 15.4. The molecule has 4 atom stereocenters. The molecule has 0 amide bonds. The molecule has 5 rings (SSSR count). The minimum atomic E-state index is -5.12. The topological polar surface area (TPSA) is 155 Å². The number of carbonyl (C=O) groups excluding carboxylic acids is 1. The van der Waals surface area contributed by atoms with Gasteiger partial charge in [0.15, 0.2) is 0 Å². The number of ether oxygens (including phenoxy) is 4. The van der Waals surface area contributed by atoms with E-state index in [9.17, 15) is 32.7 Å². The Morgan fingerprint density at radius 2 is 1.51 bits per heavy atom. The minimum absolute atomic E-state index is 0.0606. The van der Waals surface area contributed by atoms with Crippen LogP contribution in [0.15, 0.2) is 94.6 Å². The lowest BCUT2D eigenvalue weighted by atomic mass is 9.80. The Labute approximate surface area is 279 Å². The van der Waals surface area contributed by atoms with Gasteiger partial charge < -0.3 is 29.8 Å². The van der Waals surface area contributed by atoms with E-state index >= 15 is 0 Å². The normalized spacial score (nSPS) is 18.6. The highest BCUT2D eigenvalue weighted by molar-refractivity contribution is 5.88. The number of ketones is 1. The van der Waals surface area contributed by atoms with Crippen LogP contribution in [-0.4, -0.2) is 65.7 Å². The lowest BCUT2D eigenvalue weighted by Gasteiger charge is -2.37. The summed E-state index contributed by atoms with van der Waals surface area (Å²) in [7, 11) is 3.13. The Hall–Kier alpha value is -4.76. The monoisotopic (exact) mass is 683 g/mol. The van der Waals surface area contributed by atoms with Gasteiger partial charge in [0.25, 0.3) is 11.3 Å². The molecule has 1 aromatic heterocycles. The van der Waals surface area contributed by atoms with Gasteiger partial charge in [-0.3, -0.25) is 19.1 Å². The van der Waals surface area contributed by atoms with Crippen molar-refractivity contribution >= 4 is 5.78 Å². The molecule has 0 saturated carbocycles. The third-order valence-corrected chi connectivity index (χ3v) is 8.53. The summed E-state index contributed by atoms with van der Waals surface area (Å²) in [5.41, 5.74) is 4.71. The number of aromatic amines is 1. The molecule has 2 heterocycles. The number of halogens is 3. The second-order valence-electron chi connectivity index (χ2n) is 11.6. The molecule has 2 unspecified atom stereocenters. The van der Waals surface area contributed by atoms with Gasteiger partial charge in [0, 0.05) is 18.2 Å². The van der Waals surface area contributed by atoms with Crippen molar-refractivity contribution in [3.8, 4) is 11.5 Å². The number of aliphatic hydroxyl groups is 1. The number of aromatic nitrogens is 2. The predicted molar refractivity (Wildman–Crippen MR) is 171 cm³/mol. The standard InChI is InChI=1S/C35H36F3N3O8/c1-46-25-13-9-23(10-14-25)34(22-6-4-3-5-7-22,24-11-15-26(47-2)16-12-24)48-20-29-28(42)18-30(49-29)41-19-21(32(44)40-33(41)45)8-17-27(39)31(43)35(36,37)38/h3-7,9-16,19,27-30,42H,8,17-18,20,39H2,1-2H3,(H,40,44,45)/t27?,28?,29-,30-/m0/s1. The number of nitrogens with one attached hydrogen (secondary N) is 1. The van der Waals surface area contributed by atoms with Crippen LogP contribution in [0.4, 0.5) is 13.2 Å². The number of Topliss-reactive ketones (excluding diaryl/α,β-unsaturated/α-hetero) is 1. The van der Waals surface area contributed by atoms with Crippen LogP contribution in [0.5, 0.6) is 11.5 Å². The summed E-state index contributed by atoms with van der Waals surface area (Å²) in [6.45, 7) is -0.149. The fourth-order valence-corrected chi connectivity index (χ4v) is 5.89. The zero-order valence-corrected chi connectivity index (χ0v) is 26.7. The molecule has 49 heavy (non-hydrogen) atoms. The van der Waals surface area contributed by atoms with E-state index in [1.54, 1.807) is 14.2 Å². The quantitative estimate of drug-likeness (QED) is 0.179.